The number of halogens is 1. The summed E-state index contributed by atoms with van der Waals surface area (Å²) < 4.78 is 20.2. The van der Waals surface area contributed by atoms with E-state index < -0.39 is 11.7 Å². The summed E-state index contributed by atoms with van der Waals surface area (Å²) in [4.78, 5) is 16.7. The molecule has 1 aliphatic heterocycles. The average Bonchev–Trinajstić information content (AvgIpc) is 2.98. The van der Waals surface area contributed by atoms with Gasteiger partial charge in [0.25, 0.3) is 5.91 Å². The number of nitrogens with one attached hydrogen (secondary N) is 1. The van der Waals surface area contributed by atoms with Gasteiger partial charge in [0.1, 0.15) is 11.6 Å². The third-order valence-corrected chi connectivity index (χ3v) is 5.74. The van der Waals surface area contributed by atoms with E-state index in [0.717, 1.165) is 43.9 Å². The number of nitrogens with zero attached hydrogens (tertiary/aromatic N) is 4. The normalized spacial score (nSPS) is 14.9. The molecule has 4 rings (SSSR count). The van der Waals surface area contributed by atoms with E-state index in [0.29, 0.717) is 22.3 Å². The minimum absolute atomic E-state index is 0.0517. The van der Waals surface area contributed by atoms with E-state index in [4.69, 9.17) is 10.5 Å². The minimum atomic E-state index is -0.747. The maximum Gasteiger partial charge on any atom is 0.271 e. The van der Waals surface area contributed by atoms with Gasteiger partial charge >= 0.3 is 0 Å². The van der Waals surface area contributed by atoms with Crippen LogP contribution in [0.5, 0.6) is 5.75 Å². The first-order valence-electron chi connectivity index (χ1n) is 10.5. The number of rotatable bonds is 5. The molecule has 0 saturated carbocycles. The Labute approximate surface area is 186 Å². The first-order chi connectivity index (χ1) is 15.4. The van der Waals surface area contributed by atoms with Crippen molar-refractivity contribution in [2.45, 2.75) is 13.3 Å². The fourth-order valence-electron chi connectivity index (χ4n) is 3.98. The summed E-state index contributed by atoms with van der Waals surface area (Å²) in [5.74, 6) is -0.520. The van der Waals surface area contributed by atoms with Crippen LogP contribution in [0.3, 0.4) is 0 Å². The molecule has 0 unspecified atom stereocenters. The first-order valence-corrected chi connectivity index (χ1v) is 10.5. The van der Waals surface area contributed by atoms with Gasteiger partial charge in [-0.05, 0) is 50.7 Å². The topological polar surface area (TPSA) is 96.6 Å². The zero-order valence-electron chi connectivity index (χ0n) is 18.5. The molecule has 0 radical (unpaired) electrons. The van der Waals surface area contributed by atoms with Gasteiger partial charge in [0.2, 0.25) is 0 Å². The molecule has 32 heavy (non-hydrogen) atoms. The van der Waals surface area contributed by atoms with E-state index in [9.17, 15) is 9.18 Å². The predicted octanol–water partition coefficient (Wildman–Crippen LogP) is 3.07. The molecule has 1 aliphatic rings. The number of primary amides is 1. The summed E-state index contributed by atoms with van der Waals surface area (Å²) in [6, 6.07) is 8.53. The fraction of sp³-hybridized carbons (Fsp3) is 0.348. The van der Waals surface area contributed by atoms with Crippen molar-refractivity contribution in [2.24, 2.45) is 5.73 Å². The second kappa shape index (κ2) is 8.96. The Morgan fingerprint density at radius 3 is 2.69 bits per heavy atom. The summed E-state index contributed by atoms with van der Waals surface area (Å²) in [6.45, 7) is 5.44. The monoisotopic (exact) mass is 438 g/mol. The fourth-order valence-corrected chi connectivity index (χ4v) is 3.98. The van der Waals surface area contributed by atoms with Gasteiger partial charge in [-0.1, -0.05) is 6.07 Å². The molecule has 2 aromatic carbocycles. The first kappa shape index (κ1) is 21.8. The number of nitrogens with two attached hydrogens (primary N) is 1. The summed E-state index contributed by atoms with van der Waals surface area (Å²) in [5.41, 5.74) is 8.25. The number of carbonyl (C=O) groups is 1. The summed E-state index contributed by atoms with van der Waals surface area (Å²) in [6.07, 6.45) is 1.01. The number of hydrogen-bond acceptors (Lipinski definition) is 7. The smallest absolute Gasteiger partial charge is 0.271 e. The van der Waals surface area contributed by atoms with Gasteiger partial charge in [-0.25, -0.2) is 4.39 Å². The Balaban J connectivity index is 1.88. The predicted molar refractivity (Wildman–Crippen MR) is 123 cm³/mol. The Kier molecular flexibility index (Phi) is 6.09. The number of ether oxygens (including phenoxy) is 1. The molecule has 1 saturated heterocycles. The highest BCUT2D eigenvalue weighted by atomic mass is 19.1. The van der Waals surface area contributed by atoms with E-state index in [1.807, 2.05) is 13.0 Å². The standard InChI is InChI=1S/C23H27FN6O2/c1-14-5-6-17(16(24)11-14)26-21-15-12-19(30-8-4-7-29(2)9-10-30)20(32-3)13-18(15)27-28-22(21)23(25)31/h5-6,11-13H,4,7-10H2,1-3H3,(H2,25,31)(H,26,27). The van der Waals surface area contributed by atoms with Crippen LogP contribution in [0.15, 0.2) is 30.3 Å². The second-order valence-corrected chi connectivity index (χ2v) is 8.08. The van der Waals surface area contributed by atoms with Crippen molar-refractivity contribution in [3.63, 3.8) is 0 Å². The lowest BCUT2D eigenvalue weighted by atomic mass is 10.1. The number of fused-ring (bicyclic) bond motifs is 1. The molecule has 9 heteroatoms. The highest BCUT2D eigenvalue weighted by molar-refractivity contribution is 6.07. The van der Waals surface area contributed by atoms with Gasteiger partial charge < -0.3 is 25.6 Å². The molecular formula is C23H27FN6O2. The number of hydrogen-bond donors (Lipinski definition) is 2. The second-order valence-electron chi connectivity index (χ2n) is 8.08. The highest BCUT2D eigenvalue weighted by Gasteiger charge is 2.22. The molecule has 2 heterocycles. The van der Waals surface area contributed by atoms with E-state index in [2.05, 4.69) is 32.4 Å². The molecule has 0 bridgehead atoms. The Bertz CT molecular complexity index is 1170. The number of anilines is 3. The van der Waals surface area contributed by atoms with Crippen molar-refractivity contribution >= 4 is 33.9 Å². The number of benzene rings is 2. The Morgan fingerprint density at radius 1 is 1.16 bits per heavy atom. The molecule has 3 aromatic rings. The van der Waals surface area contributed by atoms with Gasteiger partial charge in [0.15, 0.2) is 5.69 Å². The molecule has 1 amide bonds. The molecule has 0 spiro atoms. The van der Waals surface area contributed by atoms with Crippen molar-refractivity contribution in [2.75, 3.05) is 50.6 Å². The summed E-state index contributed by atoms with van der Waals surface area (Å²) in [5, 5.41) is 11.8. The van der Waals surface area contributed by atoms with Gasteiger partial charge in [-0.15, -0.1) is 10.2 Å². The molecule has 0 atom stereocenters. The number of aromatic nitrogens is 2. The summed E-state index contributed by atoms with van der Waals surface area (Å²) in [7, 11) is 3.72. The minimum Gasteiger partial charge on any atom is -0.495 e. The van der Waals surface area contributed by atoms with E-state index in [-0.39, 0.29) is 11.4 Å². The lowest BCUT2D eigenvalue weighted by molar-refractivity contribution is 0.0995. The van der Waals surface area contributed by atoms with Crippen LogP contribution in [0, 0.1) is 12.7 Å². The number of amides is 1. The van der Waals surface area contributed by atoms with Crippen molar-refractivity contribution in [3.05, 3.63) is 47.4 Å². The van der Waals surface area contributed by atoms with Gasteiger partial charge in [-0.2, -0.15) is 0 Å². The molecule has 8 nitrogen and oxygen atoms in total. The van der Waals surface area contributed by atoms with Gasteiger partial charge in [0, 0.05) is 31.1 Å². The van der Waals surface area contributed by atoms with E-state index >= 15 is 0 Å². The molecular weight excluding hydrogens is 411 g/mol. The SMILES string of the molecule is COc1cc2nnc(C(N)=O)c(Nc3ccc(C)cc3F)c2cc1N1CCCN(C)CC1. The quantitative estimate of drug-likeness (QED) is 0.632. The Morgan fingerprint density at radius 2 is 1.97 bits per heavy atom. The molecule has 3 N–H and O–H groups in total. The average molecular weight is 439 g/mol. The lowest BCUT2D eigenvalue weighted by Crippen LogP contribution is -2.29. The largest absolute Gasteiger partial charge is 0.495 e. The highest BCUT2D eigenvalue weighted by Crippen LogP contribution is 2.37. The number of likely N-dealkylation sites (N-methyl/N-ethyl adjacent to an activating group) is 1. The maximum absolute atomic E-state index is 14.6. The number of carbonyl (C=O) groups excluding carboxylic acids is 1. The zero-order chi connectivity index (χ0) is 22.8. The Hall–Kier alpha value is -3.46. The molecule has 168 valence electrons. The van der Waals surface area contributed by atoms with E-state index in [1.165, 1.54) is 6.07 Å². The van der Waals surface area contributed by atoms with Gasteiger partial charge in [-0.3, -0.25) is 4.79 Å². The molecule has 1 fully saturated rings. The molecule has 1 aromatic heterocycles. The molecule has 0 aliphatic carbocycles. The van der Waals surface area contributed by atoms with Crippen molar-refractivity contribution in [1.82, 2.24) is 15.1 Å². The lowest BCUT2D eigenvalue weighted by Gasteiger charge is -2.25. The summed E-state index contributed by atoms with van der Waals surface area (Å²) >= 11 is 0. The zero-order valence-corrected chi connectivity index (χ0v) is 18.5. The third-order valence-electron chi connectivity index (χ3n) is 5.74. The number of aryl methyl sites for hydroxylation is 1. The van der Waals surface area contributed by atoms with Gasteiger partial charge in [0.05, 0.1) is 29.7 Å². The third kappa shape index (κ3) is 4.29. The van der Waals surface area contributed by atoms with Crippen LogP contribution in [-0.2, 0) is 0 Å². The van der Waals surface area contributed by atoms with Crippen LogP contribution >= 0.6 is 0 Å². The van der Waals surface area contributed by atoms with Crippen molar-refractivity contribution in [1.29, 1.82) is 0 Å². The van der Waals surface area contributed by atoms with Crippen molar-refractivity contribution in [3.8, 4) is 5.75 Å². The van der Waals surface area contributed by atoms with Crippen LogP contribution in [0.2, 0.25) is 0 Å². The van der Waals surface area contributed by atoms with E-state index in [1.54, 1.807) is 25.3 Å². The van der Waals surface area contributed by atoms with Crippen LogP contribution in [0.1, 0.15) is 22.5 Å². The number of methoxy groups -OCH3 is 1. The van der Waals surface area contributed by atoms with Crippen LogP contribution in [0.4, 0.5) is 21.5 Å². The van der Waals surface area contributed by atoms with Crippen molar-refractivity contribution < 1.29 is 13.9 Å². The van der Waals surface area contributed by atoms with Crippen LogP contribution in [-0.4, -0.2) is 61.3 Å². The van der Waals surface area contributed by atoms with Crippen LogP contribution in [0.25, 0.3) is 10.9 Å². The van der Waals surface area contributed by atoms with Crippen LogP contribution < -0.4 is 20.7 Å². The maximum atomic E-state index is 14.6.